The van der Waals surface area contributed by atoms with E-state index in [0.717, 1.165) is 27.2 Å². The monoisotopic (exact) mass is 392 g/mol. The van der Waals surface area contributed by atoms with E-state index < -0.39 is 0 Å². The minimum absolute atomic E-state index is 0.0255. The highest BCUT2D eigenvalue weighted by atomic mass is 79.9. The maximum absolute atomic E-state index is 11.9. The van der Waals surface area contributed by atoms with Gasteiger partial charge in [-0.1, -0.05) is 15.9 Å². The highest BCUT2D eigenvalue weighted by molar-refractivity contribution is 9.10. The van der Waals surface area contributed by atoms with Crippen molar-refractivity contribution in [2.45, 2.75) is 13.0 Å². The van der Waals surface area contributed by atoms with Gasteiger partial charge in [-0.3, -0.25) is 4.79 Å². The Bertz CT molecular complexity index is 674. The van der Waals surface area contributed by atoms with Gasteiger partial charge in [-0.2, -0.15) is 0 Å². The molecular formula is C18H21BrN2O3. The average molecular weight is 393 g/mol. The number of halogens is 1. The normalized spacial score (nSPS) is 10.3. The van der Waals surface area contributed by atoms with Crippen LogP contribution in [0.4, 0.5) is 5.69 Å². The molecule has 0 saturated carbocycles. The molecular weight excluding hydrogens is 372 g/mol. The molecule has 2 aromatic carbocycles. The molecule has 128 valence electrons. The summed E-state index contributed by atoms with van der Waals surface area (Å²) in [4.78, 5) is 11.9. The third-order valence-corrected chi connectivity index (χ3v) is 3.99. The molecule has 5 nitrogen and oxygen atoms in total. The van der Waals surface area contributed by atoms with Crippen molar-refractivity contribution in [3.05, 3.63) is 52.5 Å². The molecule has 0 heterocycles. The number of amides is 1. The molecule has 0 unspecified atom stereocenters. The molecule has 0 saturated heterocycles. The Hall–Kier alpha value is -2.05. The summed E-state index contributed by atoms with van der Waals surface area (Å²) in [5, 5.41) is 6.11. The first-order chi connectivity index (χ1) is 11.6. The summed E-state index contributed by atoms with van der Waals surface area (Å²) in [6.07, 6.45) is 0.391. The van der Waals surface area contributed by atoms with Gasteiger partial charge in [0, 0.05) is 35.2 Å². The van der Waals surface area contributed by atoms with Gasteiger partial charge in [0.1, 0.15) is 11.5 Å². The van der Waals surface area contributed by atoms with Gasteiger partial charge in [0.15, 0.2) is 0 Å². The topological polar surface area (TPSA) is 59.6 Å². The van der Waals surface area contributed by atoms with E-state index in [-0.39, 0.29) is 5.91 Å². The number of nitrogens with one attached hydrogen (secondary N) is 2. The summed E-state index contributed by atoms with van der Waals surface area (Å²) < 4.78 is 11.5. The zero-order valence-corrected chi connectivity index (χ0v) is 15.4. The summed E-state index contributed by atoms with van der Waals surface area (Å²) >= 11 is 3.37. The van der Waals surface area contributed by atoms with Crippen molar-refractivity contribution in [2.75, 3.05) is 26.1 Å². The van der Waals surface area contributed by atoms with E-state index in [4.69, 9.17) is 9.47 Å². The van der Waals surface area contributed by atoms with Crippen LogP contribution in [-0.4, -0.2) is 26.7 Å². The van der Waals surface area contributed by atoms with Crippen molar-refractivity contribution in [3.63, 3.8) is 0 Å². The van der Waals surface area contributed by atoms with Gasteiger partial charge in [0.2, 0.25) is 5.91 Å². The number of benzene rings is 2. The standard InChI is InChI=1S/C18H21BrN2O3/c1-23-16-7-8-17(24-2)13(11-16)12-20-10-9-18(22)21-15-5-3-14(19)4-6-15/h3-8,11,20H,9-10,12H2,1-2H3,(H,21,22). The zero-order chi connectivity index (χ0) is 17.4. The summed E-state index contributed by atoms with van der Waals surface area (Å²) in [5.41, 5.74) is 1.78. The maximum atomic E-state index is 11.9. The summed E-state index contributed by atoms with van der Waals surface area (Å²) in [5.74, 6) is 1.55. The fraction of sp³-hybridized carbons (Fsp3) is 0.278. The van der Waals surface area contributed by atoms with Crippen LogP contribution in [0.3, 0.4) is 0 Å². The van der Waals surface area contributed by atoms with Gasteiger partial charge < -0.3 is 20.1 Å². The number of rotatable bonds is 8. The Morgan fingerprint density at radius 2 is 1.83 bits per heavy atom. The highest BCUT2D eigenvalue weighted by Crippen LogP contribution is 2.23. The molecule has 2 N–H and O–H groups in total. The Balaban J connectivity index is 1.78. The SMILES string of the molecule is COc1ccc(OC)c(CNCCC(=O)Nc2ccc(Br)cc2)c1. The molecule has 0 fully saturated rings. The lowest BCUT2D eigenvalue weighted by Gasteiger charge is -2.11. The molecule has 0 atom stereocenters. The van der Waals surface area contributed by atoms with Crippen LogP contribution in [0.15, 0.2) is 46.9 Å². The number of anilines is 1. The van der Waals surface area contributed by atoms with Crippen LogP contribution in [0.1, 0.15) is 12.0 Å². The first-order valence-electron chi connectivity index (χ1n) is 7.59. The van der Waals surface area contributed by atoms with Gasteiger partial charge in [-0.15, -0.1) is 0 Å². The zero-order valence-electron chi connectivity index (χ0n) is 13.8. The van der Waals surface area contributed by atoms with E-state index in [9.17, 15) is 4.79 Å². The van der Waals surface area contributed by atoms with Crippen molar-refractivity contribution in [3.8, 4) is 11.5 Å². The molecule has 2 aromatic rings. The van der Waals surface area contributed by atoms with E-state index >= 15 is 0 Å². The smallest absolute Gasteiger partial charge is 0.225 e. The van der Waals surface area contributed by atoms with Gasteiger partial charge >= 0.3 is 0 Å². The molecule has 0 spiro atoms. The van der Waals surface area contributed by atoms with Crippen molar-refractivity contribution in [1.82, 2.24) is 5.32 Å². The van der Waals surface area contributed by atoms with Crippen LogP contribution in [0.5, 0.6) is 11.5 Å². The molecule has 0 aromatic heterocycles. The molecule has 0 aliphatic heterocycles. The lowest BCUT2D eigenvalue weighted by molar-refractivity contribution is -0.116. The van der Waals surface area contributed by atoms with Crippen LogP contribution in [0.2, 0.25) is 0 Å². The second-order valence-corrected chi connectivity index (χ2v) is 6.08. The quantitative estimate of drug-likeness (QED) is 0.673. The van der Waals surface area contributed by atoms with Gasteiger partial charge in [0.25, 0.3) is 0 Å². The predicted molar refractivity (Wildman–Crippen MR) is 98.6 cm³/mol. The van der Waals surface area contributed by atoms with Gasteiger partial charge in [-0.05, 0) is 42.5 Å². The number of hydrogen-bond donors (Lipinski definition) is 2. The average Bonchev–Trinajstić information content (AvgIpc) is 2.60. The summed E-state index contributed by atoms with van der Waals surface area (Å²) in [6, 6.07) is 13.1. The second kappa shape index (κ2) is 9.30. The number of methoxy groups -OCH3 is 2. The van der Waals surface area contributed by atoms with Crippen molar-refractivity contribution in [1.29, 1.82) is 0 Å². The van der Waals surface area contributed by atoms with Crippen molar-refractivity contribution < 1.29 is 14.3 Å². The lowest BCUT2D eigenvalue weighted by atomic mass is 10.2. The van der Waals surface area contributed by atoms with Crippen molar-refractivity contribution >= 4 is 27.5 Å². The van der Waals surface area contributed by atoms with Crippen LogP contribution >= 0.6 is 15.9 Å². The molecule has 24 heavy (non-hydrogen) atoms. The third-order valence-electron chi connectivity index (χ3n) is 3.46. The maximum Gasteiger partial charge on any atom is 0.225 e. The number of carbonyl (C=O) groups is 1. The molecule has 0 aliphatic carbocycles. The van der Waals surface area contributed by atoms with Gasteiger partial charge in [-0.25, -0.2) is 0 Å². The number of ether oxygens (including phenoxy) is 2. The number of hydrogen-bond acceptors (Lipinski definition) is 4. The molecule has 6 heteroatoms. The van der Waals surface area contributed by atoms with E-state index in [1.165, 1.54) is 0 Å². The largest absolute Gasteiger partial charge is 0.497 e. The first kappa shape index (κ1) is 18.3. The Morgan fingerprint density at radius 1 is 1.08 bits per heavy atom. The predicted octanol–water partition coefficient (Wildman–Crippen LogP) is 3.58. The van der Waals surface area contributed by atoms with E-state index in [2.05, 4.69) is 26.6 Å². The van der Waals surface area contributed by atoms with Crippen LogP contribution in [0.25, 0.3) is 0 Å². The fourth-order valence-electron chi connectivity index (χ4n) is 2.20. The molecule has 2 rings (SSSR count). The first-order valence-corrected chi connectivity index (χ1v) is 8.38. The second-order valence-electron chi connectivity index (χ2n) is 5.16. The van der Waals surface area contributed by atoms with Crippen molar-refractivity contribution in [2.24, 2.45) is 0 Å². The molecule has 0 radical (unpaired) electrons. The minimum Gasteiger partial charge on any atom is -0.497 e. The Labute approximate surface area is 150 Å². The molecule has 0 aliphatic rings. The molecule has 0 bridgehead atoms. The third kappa shape index (κ3) is 5.54. The summed E-state index contributed by atoms with van der Waals surface area (Å²) in [6.45, 7) is 1.18. The highest BCUT2D eigenvalue weighted by Gasteiger charge is 2.06. The lowest BCUT2D eigenvalue weighted by Crippen LogP contribution is -2.21. The van der Waals surface area contributed by atoms with Gasteiger partial charge in [0.05, 0.1) is 14.2 Å². The molecule has 1 amide bonds. The van der Waals surface area contributed by atoms with Crippen LogP contribution in [0, 0.1) is 0 Å². The van der Waals surface area contributed by atoms with E-state index in [0.29, 0.717) is 19.5 Å². The minimum atomic E-state index is -0.0255. The van der Waals surface area contributed by atoms with Crippen LogP contribution < -0.4 is 20.1 Å². The Kier molecular flexibility index (Phi) is 7.08. The Morgan fingerprint density at radius 3 is 2.50 bits per heavy atom. The van der Waals surface area contributed by atoms with E-state index in [1.807, 2.05) is 42.5 Å². The summed E-state index contributed by atoms with van der Waals surface area (Å²) in [7, 11) is 3.27. The number of carbonyl (C=O) groups excluding carboxylic acids is 1. The van der Waals surface area contributed by atoms with Crippen LogP contribution in [-0.2, 0) is 11.3 Å². The fourth-order valence-corrected chi connectivity index (χ4v) is 2.47. The van der Waals surface area contributed by atoms with E-state index in [1.54, 1.807) is 14.2 Å².